The van der Waals surface area contributed by atoms with Gasteiger partial charge in [0.05, 0.1) is 0 Å². The highest BCUT2D eigenvalue weighted by Gasteiger charge is 2.38. The number of aromatic nitrogens is 1. The number of nitrogens with one attached hydrogen (secondary N) is 1. The average Bonchev–Trinajstić information content (AvgIpc) is 2.88. The van der Waals surface area contributed by atoms with Gasteiger partial charge >= 0.3 is 12.4 Å². The third-order valence-electron chi connectivity index (χ3n) is 3.41. The van der Waals surface area contributed by atoms with Crippen molar-refractivity contribution in [2.45, 2.75) is 44.8 Å². The molecule has 0 radical (unpaired) electrons. The van der Waals surface area contributed by atoms with Gasteiger partial charge in [0.25, 0.3) is 0 Å². The molecule has 0 fully saturated rings. The highest BCUT2D eigenvalue weighted by molar-refractivity contribution is 5.78. The van der Waals surface area contributed by atoms with Crippen molar-refractivity contribution in [2.75, 3.05) is 6.54 Å². The van der Waals surface area contributed by atoms with Crippen molar-refractivity contribution >= 4 is 11.1 Å². The molecule has 0 saturated carbocycles. The number of hydrogen-bond donors (Lipinski definition) is 2. The van der Waals surface area contributed by atoms with E-state index in [2.05, 4.69) is 10.3 Å². The number of hydrogen-bond acceptors (Lipinski definition) is 4. The molecule has 1 heterocycles. The molecule has 25 heavy (non-hydrogen) atoms. The normalized spacial score (nSPS) is 14.5. The van der Waals surface area contributed by atoms with Crippen LogP contribution in [0.15, 0.2) is 16.5 Å². The van der Waals surface area contributed by atoms with Crippen LogP contribution < -0.4 is 5.32 Å². The van der Waals surface area contributed by atoms with Gasteiger partial charge < -0.3 is 14.8 Å². The van der Waals surface area contributed by atoms with Crippen molar-refractivity contribution in [2.24, 2.45) is 0 Å². The molecule has 140 valence electrons. The number of oxazole rings is 1. The molecule has 1 aromatic heterocycles. The zero-order valence-electron chi connectivity index (χ0n) is 13.3. The van der Waals surface area contributed by atoms with E-state index in [-0.39, 0.29) is 29.4 Å². The third kappa shape index (κ3) is 4.63. The van der Waals surface area contributed by atoms with E-state index in [0.717, 1.165) is 6.07 Å². The van der Waals surface area contributed by atoms with E-state index in [1.54, 1.807) is 13.8 Å². The van der Waals surface area contributed by atoms with Gasteiger partial charge in [-0.1, -0.05) is 13.8 Å². The Hall–Kier alpha value is -1.81. The van der Waals surface area contributed by atoms with E-state index in [9.17, 15) is 26.3 Å². The number of nitrogens with zero attached hydrogens (tertiary/aromatic N) is 1. The minimum absolute atomic E-state index is 0.0216. The second kappa shape index (κ2) is 6.83. The number of aliphatic hydroxyl groups excluding tert-OH is 1. The fourth-order valence-electron chi connectivity index (χ4n) is 2.14. The molecule has 0 aliphatic rings. The van der Waals surface area contributed by atoms with Crippen LogP contribution in [0.25, 0.3) is 11.1 Å². The van der Waals surface area contributed by atoms with Gasteiger partial charge in [-0.15, -0.1) is 0 Å². The first kappa shape index (κ1) is 19.5. The summed E-state index contributed by atoms with van der Waals surface area (Å²) in [5.41, 5.74) is -1.39. The smallest absolute Gasteiger partial charge is 0.420 e. The SMILES string of the molecule is CC(C)c1nc2cc(CNCC(O)C(F)(F)F)cc(C(F)(F)F)c2o1. The van der Waals surface area contributed by atoms with Crippen molar-refractivity contribution in [1.29, 1.82) is 0 Å². The maximum absolute atomic E-state index is 13.2. The Morgan fingerprint density at radius 3 is 2.32 bits per heavy atom. The van der Waals surface area contributed by atoms with Gasteiger partial charge in [0.1, 0.15) is 11.1 Å². The molecule has 0 amide bonds. The van der Waals surface area contributed by atoms with Gasteiger partial charge in [-0.2, -0.15) is 26.3 Å². The molecule has 0 saturated heterocycles. The fraction of sp³-hybridized carbons (Fsp3) is 0.533. The summed E-state index contributed by atoms with van der Waals surface area (Å²) in [5.74, 6) is -0.0879. The van der Waals surface area contributed by atoms with Crippen LogP contribution in [-0.2, 0) is 12.7 Å². The van der Waals surface area contributed by atoms with E-state index < -0.39 is 36.1 Å². The van der Waals surface area contributed by atoms with E-state index in [0.29, 0.717) is 0 Å². The first-order valence-corrected chi connectivity index (χ1v) is 7.35. The van der Waals surface area contributed by atoms with E-state index in [1.807, 2.05) is 0 Å². The van der Waals surface area contributed by atoms with Crippen molar-refractivity contribution < 1.29 is 35.9 Å². The zero-order chi connectivity index (χ0) is 19.0. The Balaban J connectivity index is 2.29. The molecule has 1 unspecified atom stereocenters. The molecule has 4 nitrogen and oxygen atoms in total. The summed E-state index contributed by atoms with van der Waals surface area (Å²) in [7, 11) is 0. The zero-order valence-corrected chi connectivity index (χ0v) is 13.3. The van der Waals surface area contributed by atoms with E-state index in [4.69, 9.17) is 9.52 Å². The number of fused-ring (bicyclic) bond motifs is 1. The van der Waals surface area contributed by atoms with Crippen LogP contribution in [0.4, 0.5) is 26.3 Å². The highest BCUT2D eigenvalue weighted by Crippen LogP contribution is 2.37. The number of halogens is 6. The summed E-state index contributed by atoms with van der Waals surface area (Å²) < 4.78 is 81.5. The largest absolute Gasteiger partial charge is 0.440 e. The van der Waals surface area contributed by atoms with E-state index >= 15 is 0 Å². The molecule has 0 bridgehead atoms. The van der Waals surface area contributed by atoms with Crippen LogP contribution in [0, 0.1) is 0 Å². The molecule has 2 rings (SSSR count). The molecule has 2 N–H and O–H groups in total. The first-order valence-electron chi connectivity index (χ1n) is 7.35. The highest BCUT2D eigenvalue weighted by atomic mass is 19.4. The number of alkyl halides is 6. The molecular weight excluding hydrogens is 354 g/mol. The monoisotopic (exact) mass is 370 g/mol. The summed E-state index contributed by atoms with van der Waals surface area (Å²) >= 11 is 0. The number of rotatable bonds is 5. The fourth-order valence-corrected chi connectivity index (χ4v) is 2.14. The third-order valence-corrected chi connectivity index (χ3v) is 3.41. The van der Waals surface area contributed by atoms with Crippen LogP contribution in [-0.4, -0.2) is 28.9 Å². The second-order valence-electron chi connectivity index (χ2n) is 5.88. The maximum atomic E-state index is 13.2. The summed E-state index contributed by atoms with van der Waals surface area (Å²) in [6.07, 6.45) is -12.1. The minimum atomic E-state index is -4.80. The van der Waals surface area contributed by atoms with Gasteiger partial charge in [0, 0.05) is 19.0 Å². The van der Waals surface area contributed by atoms with Crippen molar-refractivity contribution in [1.82, 2.24) is 10.3 Å². The Morgan fingerprint density at radius 2 is 1.80 bits per heavy atom. The standard InChI is InChI=1S/C15H16F6N2O2/c1-7(2)13-23-10-4-8(5-22-6-11(24)15(19,20)21)3-9(12(10)25-13)14(16,17)18/h3-4,7,11,22,24H,5-6H2,1-2H3. The van der Waals surface area contributed by atoms with Crippen molar-refractivity contribution in [3.63, 3.8) is 0 Å². The molecule has 0 spiro atoms. The first-order chi connectivity index (χ1) is 11.4. The summed E-state index contributed by atoms with van der Waals surface area (Å²) in [6.45, 7) is 2.28. The molecule has 10 heteroatoms. The second-order valence-corrected chi connectivity index (χ2v) is 5.88. The summed E-state index contributed by atoms with van der Waals surface area (Å²) in [5, 5.41) is 11.2. The summed E-state index contributed by atoms with van der Waals surface area (Å²) in [6, 6.07) is 2.11. The Kier molecular flexibility index (Phi) is 5.33. The van der Waals surface area contributed by atoms with Crippen LogP contribution in [0.5, 0.6) is 0 Å². The Bertz CT molecular complexity index is 736. The predicted molar refractivity (Wildman–Crippen MR) is 76.9 cm³/mol. The minimum Gasteiger partial charge on any atom is -0.440 e. The van der Waals surface area contributed by atoms with Gasteiger partial charge in [0.2, 0.25) is 0 Å². The van der Waals surface area contributed by atoms with Crippen LogP contribution in [0.3, 0.4) is 0 Å². The van der Waals surface area contributed by atoms with Gasteiger partial charge in [-0.25, -0.2) is 4.98 Å². The molecular formula is C15H16F6N2O2. The average molecular weight is 370 g/mol. The topological polar surface area (TPSA) is 58.3 Å². The molecule has 0 aliphatic carbocycles. The lowest BCUT2D eigenvalue weighted by Gasteiger charge is -2.15. The lowest BCUT2D eigenvalue weighted by Crippen LogP contribution is -2.38. The van der Waals surface area contributed by atoms with Crippen LogP contribution >= 0.6 is 0 Å². The van der Waals surface area contributed by atoms with Crippen LogP contribution in [0.2, 0.25) is 0 Å². The van der Waals surface area contributed by atoms with Gasteiger partial charge in [-0.05, 0) is 17.7 Å². The molecule has 1 atom stereocenters. The predicted octanol–water partition coefficient (Wildman–Crippen LogP) is 3.98. The van der Waals surface area contributed by atoms with E-state index in [1.165, 1.54) is 6.07 Å². The lowest BCUT2D eigenvalue weighted by molar-refractivity contribution is -0.201. The number of aliphatic hydroxyl groups is 1. The molecule has 1 aromatic carbocycles. The summed E-state index contributed by atoms with van der Waals surface area (Å²) in [4.78, 5) is 4.01. The lowest BCUT2D eigenvalue weighted by atomic mass is 10.1. The Labute approximate surface area is 138 Å². The van der Waals surface area contributed by atoms with Crippen molar-refractivity contribution in [3.8, 4) is 0 Å². The quantitative estimate of drug-likeness (QED) is 0.782. The maximum Gasteiger partial charge on any atom is 0.420 e. The van der Waals surface area contributed by atoms with Crippen LogP contribution in [0.1, 0.15) is 36.8 Å². The Morgan fingerprint density at radius 1 is 1.16 bits per heavy atom. The van der Waals surface area contributed by atoms with Crippen molar-refractivity contribution in [3.05, 3.63) is 29.2 Å². The molecule has 0 aliphatic heterocycles. The molecule has 2 aromatic rings. The van der Waals surface area contributed by atoms with Gasteiger partial charge in [0.15, 0.2) is 17.6 Å². The van der Waals surface area contributed by atoms with Gasteiger partial charge in [-0.3, -0.25) is 0 Å². The number of benzene rings is 1.